The molecule has 0 radical (unpaired) electrons. The van der Waals surface area contributed by atoms with Gasteiger partial charge in [0.25, 0.3) is 0 Å². The number of ether oxygens (including phenoxy) is 5. The minimum Gasteiger partial charge on any atom is -0.462 e. The molecule has 40 heteroatoms. The van der Waals surface area contributed by atoms with Gasteiger partial charge < -0.3 is 115 Å². The molecule has 7 aromatic rings. The van der Waals surface area contributed by atoms with E-state index in [0.29, 0.717) is 0 Å². The van der Waals surface area contributed by atoms with Crippen molar-refractivity contribution in [3.05, 3.63) is 141 Å². The van der Waals surface area contributed by atoms with E-state index in [0.717, 1.165) is 48.6 Å². The monoisotopic (exact) mass is 1590 g/mol. The predicted molar refractivity (Wildman–Crippen MR) is 353 cm³/mol. The second-order valence-electron chi connectivity index (χ2n) is 25.2. The van der Waals surface area contributed by atoms with E-state index < -0.39 is 304 Å². The lowest BCUT2D eigenvalue weighted by Gasteiger charge is -2.39. The summed E-state index contributed by atoms with van der Waals surface area (Å²) in [6.07, 6.45) is -30.4. The lowest BCUT2D eigenvalue weighted by molar-refractivity contribution is -0.277. The van der Waals surface area contributed by atoms with Gasteiger partial charge in [0.2, 0.25) is 6.29 Å². The first kappa shape index (κ1) is 78.8. The van der Waals surface area contributed by atoms with Gasteiger partial charge in [-0.25, -0.2) is 62.7 Å². The number of benzene rings is 4. The number of aromatic nitrogens is 4. The van der Waals surface area contributed by atoms with Gasteiger partial charge in [-0.2, -0.15) is 0 Å². The summed E-state index contributed by atoms with van der Waals surface area (Å²) >= 11 is -0.816. The molecular weight excluding hydrogens is 1530 g/mol. The average molecular weight is 1590 g/mol. The van der Waals surface area contributed by atoms with Gasteiger partial charge in [-0.3, -0.25) is 0 Å². The van der Waals surface area contributed by atoms with Crippen LogP contribution >= 0.6 is 35.3 Å². The van der Waals surface area contributed by atoms with Crippen LogP contribution in [0.3, 0.4) is 0 Å². The van der Waals surface area contributed by atoms with Crippen molar-refractivity contribution >= 4 is 81.7 Å². The summed E-state index contributed by atoms with van der Waals surface area (Å²) in [5, 5.41) is 167. The summed E-state index contributed by atoms with van der Waals surface area (Å²) in [4.78, 5) is 9.53. The van der Waals surface area contributed by atoms with Gasteiger partial charge in [0.1, 0.15) is 120 Å². The number of hydrogen-bond acceptors (Lipinski definition) is 26. The summed E-state index contributed by atoms with van der Waals surface area (Å²) < 4.78 is 235. The Bertz CT molecular complexity index is 4740. The van der Waals surface area contributed by atoms with Crippen LogP contribution in [-0.4, -0.2) is 248 Å². The number of rotatable bonds is 16. The lowest BCUT2D eigenvalue weighted by Crippen LogP contribution is -2.60. The fraction of sp³-hybridized carbons (Fsp3) is 0.353. The zero-order chi connectivity index (χ0) is 77.8. The third kappa shape index (κ3) is 13.6. The van der Waals surface area contributed by atoms with E-state index in [1.165, 1.54) is 24.3 Å². The van der Waals surface area contributed by atoms with Gasteiger partial charge in [-0.1, -0.05) is 47.4 Å². The van der Waals surface area contributed by atoms with Crippen molar-refractivity contribution in [2.45, 2.75) is 135 Å². The maximum Gasteiger partial charge on any atom is 0.229 e. The molecule has 4 fully saturated rings. The highest BCUT2D eigenvalue weighted by Gasteiger charge is 2.50. The van der Waals surface area contributed by atoms with E-state index in [1.807, 2.05) is 0 Å². The maximum atomic E-state index is 17.6. The minimum atomic E-state index is -2.39. The molecular formula is C68H58F12N4O21S3. The molecule has 4 aromatic carbocycles. The summed E-state index contributed by atoms with van der Waals surface area (Å²) in [6, 6.07) is 8.68. The van der Waals surface area contributed by atoms with Crippen LogP contribution in [-0.2, 0) is 18.9 Å². The molecule has 18 N–H and O–H groups in total. The van der Waals surface area contributed by atoms with Gasteiger partial charge >= 0.3 is 0 Å². The lowest BCUT2D eigenvalue weighted by atomic mass is 9.99. The maximum absolute atomic E-state index is 17.6. The van der Waals surface area contributed by atoms with Crippen LogP contribution in [0.15, 0.2) is 63.2 Å². The van der Waals surface area contributed by atoms with E-state index in [9.17, 15) is 81.7 Å². The second-order valence-corrected chi connectivity index (χ2v) is 28.5. The molecule has 13 rings (SSSR count). The topological polar surface area (TPSA) is 427 Å². The summed E-state index contributed by atoms with van der Waals surface area (Å²) in [6.45, 7) is -4.13. The molecule has 6 aliphatic rings. The normalized spacial score (nSPS) is 29.3. The van der Waals surface area contributed by atoms with E-state index in [1.54, 1.807) is 0 Å². The van der Waals surface area contributed by atoms with Crippen molar-refractivity contribution in [2.24, 2.45) is 0 Å². The molecule has 8 bridgehead atoms. The molecule has 9 heterocycles. The minimum absolute atomic E-state index is 0.108. The standard InChI is InChI=1S/C68H58F12N4O21S3/c69-38-35(39(70)45(76)62(44(38)75)106-66-59(98)55(94)51(90)28(14-86)103-66)32-21-6-4-19(81-21)31(17-2-1-3-18(12-17)101-65-58(97)54(93)50(89)27(13-85)102-65)20-5-7-22(82-20)33(36-40(71)46(77)63(47(78)41(36)72)107-67-60(99)56(95)52(91)29(15-87)104-67)24-9-11-26(84-24)34(25-10-8-23(32)83-25)37-42(73)48(79)64(49(80)43(37)74)108-68-61(100)57(96)53(92)30(16-88)105-68/h1-12,27-30,50-61,65-68,81,84-100H,13-16H2/t27?,28?,29?,30-,50-,51+,52+,53?,54?,55?,56?,57?,58?,59?,60?,61-,65-,66+,67+,68?/m1/s1. The third-order valence-electron chi connectivity index (χ3n) is 18.6. The van der Waals surface area contributed by atoms with Crippen LogP contribution in [0.2, 0.25) is 0 Å². The van der Waals surface area contributed by atoms with E-state index in [-0.39, 0.29) is 57.7 Å². The smallest absolute Gasteiger partial charge is 0.229 e. The Labute approximate surface area is 609 Å². The van der Waals surface area contributed by atoms with Crippen LogP contribution in [0.25, 0.3) is 90.9 Å². The van der Waals surface area contributed by atoms with E-state index in [2.05, 4.69) is 19.9 Å². The zero-order valence-electron chi connectivity index (χ0n) is 54.2. The Kier molecular flexibility index (Phi) is 22.7. The first-order valence-corrected chi connectivity index (χ1v) is 34.7. The number of nitrogens with zero attached hydrogens (tertiary/aromatic N) is 2. The van der Waals surface area contributed by atoms with Crippen molar-refractivity contribution in [1.29, 1.82) is 0 Å². The van der Waals surface area contributed by atoms with Crippen molar-refractivity contribution in [3.63, 3.8) is 0 Å². The van der Waals surface area contributed by atoms with Crippen LogP contribution < -0.4 is 4.74 Å². The number of halogens is 12. The number of H-pyrrole nitrogens is 2. The summed E-state index contributed by atoms with van der Waals surface area (Å²) in [5.41, 5.74) is -20.7. The van der Waals surface area contributed by atoms with Crippen molar-refractivity contribution in [1.82, 2.24) is 19.9 Å². The molecule has 0 saturated carbocycles. The molecule has 4 saturated heterocycles. The van der Waals surface area contributed by atoms with Gasteiger partial charge in [-0.05, 0) is 66.3 Å². The summed E-state index contributed by atoms with van der Waals surface area (Å²) in [7, 11) is 0. The first-order chi connectivity index (χ1) is 51.3. The van der Waals surface area contributed by atoms with Crippen molar-refractivity contribution in [3.8, 4) is 50.3 Å². The largest absolute Gasteiger partial charge is 0.462 e. The number of hydrogen-bond donors (Lipinski definition) is 18. The first-order valence-electron chi connectivity index (χ1n) is 32.1. The number of fused-ring (bicyclic) bond motifs is 8. The predicted octanol–water partition coefficient (Wildman–Crippen LogP) is 3.85. The number of aromatic amines is 2. The van der Waals surface area contributed by atoms with Crippen LogP contribution in [0, 0.1) is 69.8 Å². The Morgan fingerprint density at radius 3 is 0.907 bits per heavy atom. The van der Waals surface area contributed by atoms with Gasteiger partial charge in [0, 0.05) is 44.3 Å². The van der Waals surface area contributed by atoms with Crippen molar-refractivity contribution in [2.75, 3.05) is 26.4 Å². The van der Waals surface area contributed by atoms with Crippen molar-refractivity contribution < 1.29 is 158 Å². The molecule has 25 nitrogen and oxygen atoms in total. The number of aliphatic hydroxyl groups excluding tert-OH is 16. The summed E-state index contributed by atoms with van der Waals surface area (Å²) in [5.74, 6) is -27.9. The fourth-order valence-electron chi connectivity index (χ4n) is 13.0. The second kappa shape index (κ2) is 31.1. The van der Waals surface area contributed by atoms with E-state index >= 15 is 52.7 Å². The molecule has 6 aliphatic heterocycles. The third-order valence-corrected chi connectivity index (χ3v) is 22.3. The molecule has 20 atom stereocenters. The van der Waals surface area contributed by atoms with Crippen LogP contribution in [0.4, 0.5) is 52.7 Å². The molecule has 0 amide bonds. The Morgan fingerprint density at radius 2 is 0.602 bits per heavy atom. The van der Waals surface area contributed by atoms with Crippen LogP contribution in [0.1, 0.15) is 22.8 Å². The molecule has 578 valence electrons. The number of thioether (sulfide) groups is 3. The number of nitrogens with one attached hydrogen (secondary N) is 2. The van der Waals surface area contributed by atoms with Gasteiger partial charge in [0.15, 0.2) is 69.8 Å². The quantitative estimate of drug-likeness (QED) is 0.0482. The average Bonchev–Trinajstić information content (AvgIpc) is 1.40. The Morgan fingerprint density at radius 1 is 0.324 bits per heavy atom. The highest BCUT2D eigenvalue weighted by molar-refractivity contribution is 8.00. The van der Waals surface area contributed by atoms with Gasteiger partial charge in [-0.15, -0.1) is 0 Å². The molecule has 0 spiro atoms. The molecule has 0 aliphatic carbocycles. The highest BCUT2D eigenvalue weighted by atomic mass is 32.2. The highest BCUT2D eigenvalue weighted by Crippen LogP contribution is 2.49. The van der Waals surface area contributed by atoms with Crippen LogP contribution in [0.5, 0.6) is 5.75 Å². The Hall–Kier alpha value is -7.31. The zero-order valence-corrected chi connectivity index (χ0v) is 56.6. The Balaban J connectivity index is 1.11. The van der Waals surface area contributed by atoms with Gasteiger partial charge in [0.05, 0.1) is 80.6 Å². The molecule has 12 unspecified atom stereocenters. The SMILES string of the molecule is OCC1O[C@@H](Oc2cccc(-c3c4nc(c(-c5c(F)c(F)c(S[C@@H]6OC(CO)[C@H](O)C(O)C6O)c(F)c5F)c5ccc([nH]5)c(-c5c(F)c(F)c(SC6O[C@H](CO)C(O)C(O)[C@H]6O)c(F)c5F)c5nc(c(-c6c(F)c(F)c(S[C@@H]7OC(CO)[C@H](O)C(O)C7O)c(F)c6F)c6ccc3[nH]6)C=C5)C=C4)c2)C(O)C(O)[C@@H]1O. The molecule has 3 aromatic heterocycles. The number of aliphatic hydroxyl groups is 16. The molecule has 108 heavy (non-hydrogen) atoms. The van der Waals surface area contributed by atoms with E-state index in [4.69, 9.17) is 23.7 Å². The fourth-order valence-corrected chi connectivity index (χ4v) is 16.3.